The number of hydrogen-bond donors (Lipinski definition) is 0. The smallest absolute Gasteiger partial charge is 0.0587 e. The third kappa shape index (κ3) is 440. The van der Waals surface area contributed by atoms with E-state index in [-0.39, 0.29) is 17.4 Å². The first-order chi connectivity index (χ1) is 8.49. The van der Waals surface area contributed by atoms with Crippen molar-refractivity contribution in [3.05, 3.63) is 0 Å². The molecule has 0 saturated carbocycles. The van der Waals surface area contributed by atoms with Gasteiger partial charge in [0.25, 0.3) is 0 Å². The second kappa shape index (κ2) is 269. The molecule has 0 spiro atoms. The second-order valence-electron chi connectivity index (χ2n) is 1.34. The van der Waals surface area contributed by atoms with Crippen LogP contribution in [0.1, 0.15) is 41.5 Å². The molecule has 0 radical (unpaired) electrons. The first-order valence-electron chi connectivity index (χ1n) is 4.34. The Kier molecular flexibility index (Phi) is 622. The zero-order chi connectivity index (χ0) is 16.2. The van der Waals surface area contributed by atoms with Gasteiger partial charge in [0.1, 0.15) is 0 Å². The topological polar surface area (TPSA) is 143 Å². The summed E-state index contributed by atoms with van der Waals surface area (Å²) in [7, 11) is 0. The van der Waals surface area contributed by atoms with Crippen LogP contribution in [0.25, 0.3) is 0 Å². The minimum absolute atomic E-state index is 0. The van der Waals surface area contributed by atoms with Crippen molar-refractivity contribution in [3.63, 3.8) is 0 Å². The Labute approximate surface area is 127 Å². The quantitative estimate of drug-likeness (QED) is 0.671. The van der Waals surface area contributed by atoms with Gasteiger partial charge in [0.2, 0.25) is 0 Å². The average Bonchev–Trinajstić information content (AvgIpc) is 2.23. The van der Waals surface area contributed by atoms with Gasteiger partial charge >= 0.3 is 0 Å². The van der Waals surface area contributed by atoms with Crippen LogP contribution in [0.2, 0.25) is 0 Å². The zero-order valence-electron chi connectivity index (χ0n) is 12.1. The van der Waals surface area contributed by atoms with Crippen LogP contribution >= 0.6 is 0 Å². The van der Waals surface area contributed by atoms with Crippen molar-refractivity contribution in [2.45, 2.75) is 41.5 Å². The van der Waals surface area contributed by atoms with Crippen LogP contribution in [0.3, 0.4) is 0 Å². The fraction of sp³-hybridized carbons (Fsp3) is 0.500. The molecule has 0 amide bonds. The molecule has 7 heteroatoms. The molecule has 0 aromatic heterocycles. The van der Waals surface area contributed by atoms with Crippen molar-refractivity contribution >= 4 is 0 Å². The Morgan fingerprint density at radius 3 is 0.368 bits per heavy atom. The van der Waals surface area contributed by atoms with Crippen molar-refractivity contribution in [3.8, 4) is 36.4 Å². The van der Waals surface area contributed by atoms with E-state index < -0.39 is 0 Å². The molecular weight excluding hydrogens is 280 g/mol. The van der Waals surface area contributed by atoms with Crippen LogP contribution in [0.15, 0.2) is 0 Å². The van der Waals surface area contributed by atoms with E-state index in [0.29, 0.717) is 0 Å². The molecule has 0 aliphatic rings. The Hall–Kier alpha value is -2.53. The molecule has 0 aromatic carbocycles. The van der Waals surface area contributed by atoms with Gasteiger partial charge in [0, 0.05) is 58.9 Å². The molecule has 0 atom stereocenters. The van der Waals surface area contributed by atoms with Crippen molar-refractivity contribution in [2.75, 3.05) is 0 Å². The summed E-state index contributed by atoms with van der Waals surface area (Å²) in [4.78, 5) is 0. The minimum atomic E-state index is 0. The van der Waals surface area contributed by atoms with Crippen molar-refractivity contribution in [1.82, 2.24) is 0 Å². The van der Waals surface area contributed by atoms with Gasteiger partial charge in [-0.25, -0.2) is 0 Å². The van der Waals surface area contributed by atoms with Gasteiger partial charge < -0.3 is 0 Å². The van der Waals surface area contributed by atoms with Gasteiger partial charge in [-0.1, -0.05) is 0 Å². The summed E-state index contributed by atoms with van der Waals surface area (Å²) in [6, 6.07) is 10.5. The number of nitriles is 6. The predicted molar refractivity (Wildman–Crippen MR) is 67.7 cm³/mol. The normalized spacial score (nSPS) is 2.53. The zero-order valence-corrected chi connectivity index (χ0v) is 13.4. The molecule has 0 aromatic rings. The maximum absolute atomic E-state index is 7.32. The van der Waals surface area contributed by atoms with Crippen molar-refractivity contribution in [2.24, 2.45) is 0 Å². The molecule has 0 aliphatic carbocycles. The Bertz CT molecular complexity index is 244. The van der Waals surface area contributed by atoms with E-state index in [4.69, 9.17) is 31.6 Å². The van der Waals surface area contributed by atoms with Gasteiger partial charge in [0.05, 0.1) is 36.4 Å². The summed E-state index contributed by atoms with van der Waals surface area (Å²) >= 11 is 0. The SMILES string of the molecule is CC#N.CC#N.CC#N.CC#N.CC#N.CC#N.[Cr]. The number of rotatable bonds is 0. The molecule has 0 unspecified atom stereocenters. The third-order valence-electron chi connectivity index (χ3n) is 0. The molecule has 0 N–H and O–H groups in total. The fourth-order valence-corrected chi connectivity index (χ4v) is 0. The van der Waals surface area contributed by atoms with Gasteiger partial charge in [-0.2, -0.15) is 31.6 Å². The van der Waals surface area contributed by atoms with Gasteiger partial charge in [-0.15, -0.1) is 0 Å². The van der Waals surface area contributed by atoms with Crippen LogP contribution in [0, 0.1) is 68.0 Å². The maximum atomic E-state index is 7.32. The van der Waals surface area contributed by atoms with Crippen molar-refractivity contribution in [1.29, 1.82) is 31.6 Å². The number of nitrogens with zero attached hydrogens (tertiary/aromatic N) is 6. The molecule has 0 bridgehead atoms. The first kappa shape index (κ1) is 43.9. The second-order valence-corrected chi connectivity index (χ2v) is 1.34. The van der Waals surface area contributed by atoms with E-state index >= 15 is 0 Å². The van der Waals surface area contributed by atoms with E-state index in [0.717, 1.165) is 0 Å². The molecule has 102 valence electrons. The Balaban J connectivity index is -0.0000000180. The fourth-order valence-electron chi connectivity index (χ4n) is 0. The standard InChI is InChI=1S/6C2H3N.Cr/c6*1-2-3;/h6*1H3;. The summed E-state index contributed by atoms with van der Waals surface area (Å²) in [5.41, 5.74) is 0. The van der Waals surface area contributed by atoms with Crippen LogP contribution in [0.4, 0.5) is 0 Å². The Morgan fingerprint density at radius 2 is 0.368 bits per heavy atom. The maximum Gasteiger partial charge on any atom is 0.0587 e. The molecular formula is C12H18CrN6. The molecule has 0 rings (SSSR count). The van der Waals surface area contributed by atoms with E-state index in [1.807, 2.05) is 0 Å². The van der Waals surface area contributed by atoms with Crippen LogP contribution < -0.4 is 0 Å². The van der Waals surface area contributed by atoms with E-state index in [9.17, 15) is 0 Å². The summed E-state index contributed by atoms with van der Waals surface area (Å²) in [6.07, 6.45) is 0. The number of hydrogen-bond acceptors (Lipinski definition) is 6. The van der Waals surface area contributed by atoms with Gasteiger partial charge in [0.15, 0.2) is 0 Å². The minimum Gasteiger partial charge on any atom is -0.199 e. The third-order valence-corrected chi connectivity index (χ3v) is 0. The molecule has 0 heterocycles. The average molecular weight is 298 g/mol. The van der Waals surface area contributed by atoms with Crippen LogP contribution in [0.5, 0.6) is 0 Å². The molecule has 0 fully saturated rings. The molecule has 0 saturated heterocycles. The summed E-state index contributed by atoms with van der Waals surface area (Å²) < 4.78 is 0. The predicted octanol–water partition coefficient (Wildman–Crippen LogP) is 3.18. The molecule has 6 nitrogen and oxygen atoms in total. The summed E-state index contributed by atoms with van der Waals surface area (Å²) in [6.45, 7) is 8.58. The monoisotopic (exact) mass is 298 g/mol. The van der Waals surface area contributed by atoms with E-state index in [2.05, 4.69) is 0 Å². The summed E-state index contributed by atoms with van der Waals surface area (Å²) in [5.74, 6) is 0. The van der Waals surface area contributed by atoms with Crippen molar-refractivity contribution < 1.29 is 17.4 Å². The molecule has 0 aliphatic heterocycles. The Morgan fingerprint density at radius 1 is 0.368 bits per heavy atom. The van der Waals surface area contributed by atoms with E-state index in [1.165, 1.54) is 41.5 Å². The van der Waals surface area contributed by atoms with Crippen LogP contribution in [-0.2, 0) is 17.4 Å². The largest absolute Gasteiger partial charge is 0.199 e. The first-order valence-corrected chi connectivity index (χ1v) is 4.34. The van der Waals surface area contributed by atoms with E-state index in [1.54, 1.807) is 36.4 Å². The van der Waals surface area contributed by atoms with Gasteiger partial charge in [-0.3, -0.25) is 0 Å². The summed E-state index contributed by atoms with van der Waals surface area (Å²) in [5, 5.41) is 43.9. The van der Waals surface area contributed by atoms with Gasteiger partial charge in [-0.05, 0) is 0 Å². The molecule has 19 heavy (non-hydrogen) atoms. The van der Waals surface area contributed by atoms with Crippen LogP contribution in [-0.4, -0.2) is 0 Å².